The minimum absolute atomic E-state index is 0.822. The number of hydrogen-bond acceptors (Lipinski definition) is 4. The summed E-state index contributed by atoms with van der Waals surface area (Å²) < 4.78 is 3.65. The third-order valence-electron chi connectivity index (χ3n) is 6.18. The molecule has 0 spiro atoms. The molecule has 0 N–H and O–H groups in total. The van der Waals surface area contributed by atoms with Gasteiger partial charge in [0, 0.05) is 23.2 Å². The van der Waals surface area contributed by atoms with Gasteiger partial charge in [0.05, 0.1) is 44.2 Å². The highest BCUT2D eigenvalue weighted by atomic mass is 32.1. The fourth-order valence-corrected chi connectivity index (χ4v) is 5.61. The highest BCUT2D eigenvalue weighted by Gasteiger charge is 2.18. The quantitative estimate of drug-likeness (QED) is 0.277. The smallest absolute Gasteiger partial charge is 0.0915 e. The Morgan fingerprint density at radius 1 is 0.618 bits per heavy atom. The highest BCUT2D eigenvalue weighted by molar-refractivity contribution is 7.18. The third-order valence-corrected chi connectivity index (χ3v) is 7.11. The summed E-state index contributed by atoms with van der Waals surface area (Å²) in [6.07, 6.45) is 3.61. The summed E-state index contributed by atoms with van der Waals surface area (Å²) in [5.74, 6) is 0. The van der Waals surface area contributed by atoms with Gasteiger partial charge in [-0.1, -0.05) is 42.5 Å². The van der Waals surface area contributed by atoms with Crippen LogP contribution >= 0.6 is 11.3 Å². The Morgan fingerprint density at radius 3 is 2.03 bits per heavy atom. The summed E-state index contributed by atoms with van der Waals surface area (Å²) in [6, 6.07) is 31.3. The molecule has 7 rings (SSSR count). The molecule has 0 aliphatic carbocycles. The van der Waals surface area contributed by atoms with Gasteiger partial charge >= 0.3 is 0 Å². The first-order valence-electron chi connectivity index (χ1n) is 11.1. The molecule has 0 aliphatic rings. The third kappa shape index (κ3) is 2.95. The van der Waals surface area contributed by atoms with Crippen LogP contribution < -0.4 is 0 Å². The van der Waals surface area contributed by atoms with E-state index in [1.807, 2.05) is 36.4 Å². The molecule has 0 fully saturated rings. The van der Waals surface area contributed by atoms with Gasteiger partial charge in [-0.2, -0.15) is 0 Å². The Hall–Kier alpha value is -4.35. The molecule has 160 valence electrons. The zero-order chi connectivity index (χ0) is 22.5. The predicted octanol–water partition coefficient (Wildman–Crippen LogP) is 7.52. The molecule has 0 amide bonds. The van der Waals surface area contributed by atoms with E-state index in [0.717, 1.165) is 28.5 Å². The molecule has 0 aliphatic heterocycles. The van der Waals surface area contributed by atoms with E-state index in [-0.39, 0.29) is 0 Å². The van der Waals surface area contributed by atoms with Crippen molar-refractivity contribution in [3.05, 3.63) is 109 Å². The molecule has 4 nitrogen and oxygen atoms in total. The van der Waals surface area contributed by atoms with Crippen molar-refractivity contribution >= 4 is 43.2 Å². The van der Waals surface area contributed by atoms with E-state index in [2.05, 4.69) is 74.5 Å². The van der Waals surface area contributed by atoms with E-state index < -0.39 is 0 Å². The van der Waals surface area contributed by atoms with E-state index in [1.54, 1.807) is 23.7 Å². The monoisotopic (exact) mass is 454 g/mol. The van der Waals surface area contributed by atoms with Crippen molar-refractivity contribution in [3.8, 4) is 28.5 Å². The number of fused-ring (bicyclic) bond motifs is 5. The van der Waals surface area contributed by atoms with Crippen molar-refractivity contribution in [1.82, 2.24) is 19.5 Å². The summed E-state index contributed by atoms with van der Waals surface area (Å²) in [5, 5.41) is 5.91. The van der Waals surface area contributed by atoms with Gasteiger partial charge in [0.15, 0.2) is 0 Å². The van der Waals surface area contributed by atoms with E-state index in [0.29, 0.717) is 0 Å². The van der Waals surface area contributed by atoms with Crippen molar-refractivity contribution in [2.24, 2.45) is 0 Å². The summed E-state index contributed by atoms with van der Waals surface area (Å²) in [5.41, 5.74) is 6.75. The lowest BCUT2D eigenvalue weighted by molar-refractivity contribution is 1.15. The van der Waals surface area contributed by atoms with Crippen LogP contribution in [-0.4, -0.2) is 19.5 Å². The molecule has 0 bridgehead atoms. The molecule has 0 radical (unpaired) electrons. The first kappa shape index (κ1) is 19.1. The Kier molecular flexibility index (Phi) is 4.29. The van der Waals surface area contributed by atoms with Crippen molar-refractivity contribution in [3.63, 3.8) is 0 Å². The van der Waals surface area contributed by atoms with Gasteiger partial charge in [0.25, 0.3) is 0 Å². The fraction of sp³-hybridized carbons (Fsp3) is 0. The van der Waals surface area contributed by atoms with Crippen LogP contribution in [0.2, 0.25) is 0 Å². The van der Waals surface area contributed by atoms with E-state index in [9.17, 15) is 0 Å². The molecule has 5 heterocycles. The van der Waals surface area contributed by atoms with Crippen LogP contribution in [0.3, 0.4) is 0 Å². The largest absolute Gasteiger partial charge is 0.308 e. The minimum atomic E-state index is 0.822. The van der Waals surface area contributed by atoms with Gasteiger partial charge in [-0.15, -0.1) is 11.3 Å². The Bertz CT molecular complexity index is 1740. The molecule has 0 saturated carbocycles. The fourth-order valence-electron chi connectivity index (χ4n) is 4.68. The second-order valence-electron chi connectivity index (χ2n) is 8.18. The molecule has 7 aromatic rings. The molecule has 2 aromatic carbocycles. The van der Waals surface area contributed by atoms with Gasteiger partial charge in [-0.3, -0.25) is 9.97 Å². The van der Waals surface area contributed by atoms with Crippen LogP contribution in [0, 0.1) is 0 Å². The number of rotatable bonds is 3. The number of para-hydroxylation sites is 1. The average molecular weight is 455 g/mol. The lowest BCUT2D eigenvalue weighted by atomic mass is 10.1. The van der Waals surface area contributed by atoms with Crippen molar-refractivity contribution < 1.29 is 0 Å². The maximum Gasteiger partial charge on any atom is 0.0915 e. The standard InChI is InChI=1S/C29H18N4S/c1-2-10-27-21(7-1)22-12-11-19-13-16-34-29(19)28(22)33(27)20-17-25(23-8-3-5-14-30-23)32-26(18-20)24-9-4-6-15-31-24/h1-18H. The summed E-state index contributed by atoms with van der Waals surface area (Å²) >= 11 is 1.78. The van der Waals surface area contributed by atoms with Crippen LogP contribution in [0.5, 0.6) is 0 Å². The molecule has 0 saturated heterocycles. The first-order valence-corrected chi connectivity index (χ1v) is 12.0. The Balaban J connectivity index is 1.62. The van der Waals surface area contributed by atoms with Crippen LogP contribution in [0.1, 0.15) is 0 Å². The zero-order valence-electron chi connectivity index (χ0n) is 18.1. The van der Waals surface area contributed by atoms with Crippen LogP contribution in [0.15, 0.2) is 109 Å². The average Bonchev–Trinajstić information content (AvgIpc) is 3.52. The van der Waals surface area contributed by atoms with E-state index in [1.165, 1.54) is 31.9 Å². The van der Waals surface area contributed by atoms with Crippen LogP contribution in [-0.2, 0) is 0 Å². The molecular weight excluding hydrogens is 436 g/mol. The van der Waals surface area contributed by atoms with Gasteiger partial charge in [0.1, 0.15) is 0 Å². The number of hydrogen-bond donors (Lipinski definition) is 0. The first-order chi connectivity index (χ1) is 16.9. The normalized spacial score (nSPS) is 11.5. The predicted molar refractivity (Wildman–Crippen MR) is 140 cm³/mol. The summed E-state index contributed by atoms with van der Waals surface area (Å²) in [4.78, 5) is 14.1. The van der Waals surface area contributed by atoms with Crippen LogP contribution in [0.4, 0.5) is 0 Å². The molecule has 0 unspecified atom stereocenters. The highest BCUT2D eigenvalue weighted by Crippen LogP contribution is 2.39. The Labute approximate surface area is 199 Å². The summed E-state index contributed by atoms with van der Waals surface area (Å²) in [6.45, 7) is 0. The molecule has 5 heteroatoms. The maximum absolute atomic E-state index is 4.96. The molecular formula is C29H18N4S. The second kappa shape index (κ2) is 7.61. The SMILES string of the molecule is c1ccc(-c2cc(-n3c4ccccc4c4ccc5ccsc5c43)cc(-c3ccccn3)n2)nc1. The van der Waals surface area contributed by atoms with E-state index in [4.69, 9.17) is 4.98 Å². The number of benzene rings is 2. The number of thiophene rings is 1. The maximum atomic E-state index is 4.96. The van der Waals surface area contributed by atoms with Crippen LogP contribution in [0.25, 0.3) is 60.4 Å². The number of nitrogens with zero attached hydrogens (tertiary/aromatic N) is 4. The zero-order valence-corrected chi connectivity index (χ0v) is 18.9. The van der Waals surface area contributed by atoms with Crippen molar-refractivity contribution in [2.45, 2.75) is 0 Å². The van der Waals surface area contributed by atoms with Gasteiger partial charge < -0.3 is 4.57 Å². The van der Waals surface area contributed by atoms with Crippen molar-refractivity contribution in [1.29, 1.82) is 0 Å². The number of pyridine rings is 3. The van der Waals surface area contributed by atoms with Gasteiger partial charge in [0.2, 0.25) is 0 Å². The lowest BCUT2D eigenvalue weighted by Gasteiger charge is -2.13. The number of aromatic nitrogens is 4. The molecule has 5 aromatic heterocycles. The second-order valence-corrected chi connectivity index (χ2v) is 9.10. The van der Waals surface area contributed by atoms with Gasteiger partial charge in [-0.05, 0) is 59.3 Å². The van der Waals surface area contributed by atoms with Gasteiger partial charge in [-0.25, -0.2) is 4.98 Å². The molecule has 34 heavy (non-hydrogen) atoms. The van der Waals surface area contributed by atoms with E-state index >= 15 is 0 Å². The summed E-state index contributed by atoms with van der Waals surface area (Å²) in [7, 11) is 0. The minimum Gasteiger partial charge on any atom is -0.308 e. The Morgan fingerprint density at radius 2 is 1.32 bits per heavy atom. The van der Waals surface area contributed by atoms with Crippen molar-refractivity contribution in [2.75, 3.05) is 0 Å². The molecule has 0 atom stereocenters. The topological polar surface area (TPSA) is 43.6 Å². The lowest BCUT2D eigenvalue weighted by Crippen LogP contribution is -1.99.